The number of benzene rings is 3. The highest BCUT2D eigenvalue weighted by Gasteiger charge is 2.25. The van der Waals surface area contributed by atoms with Crippen LogP contribution in [-0.4, -0.2) is 36.5 Å². The number of hydrogen-bond donors (Lipinski definition) is 3. The van der Waals surface area contributed by atoms with E-state index in [1.807, 2.05) is 33.0 Å². The Bertz CT molecular complexity index is 2550. The molecule has 0 radical (unpaired) electrons. The SMILES string of the molecule is C=C1NC=CC(CO)=C1C(C)(C)C.CC(C)(C)c1ccc2ccccc2c1.Cc1ncnc(CO)c1C(C)(C)C.Cc1noc(C)c1C(C)(C)C.Cn1cc(C(C)(C)C)c2ccccc21. The van der Waals surface area contributed by atoms with E-state index in [0.717, 1.165) is 45.2 Å². The van der Waals surface area contributed by atoms with Crippen LogP contribution in [0, 0.1) is 26.2 Å². The summed E-state index contributed by atoms with van der Waals surface area (Å²) in [5.41, 5.74) is 12.7. The summed E-state index contributed by atoms with van der Waals surface area (Å²) in [5.74, 6) is 0.940. The second kappa shape index (κ2) is 21.8. The van der Waals surface area contributed by atoms with Crippen molar-refractivity contribution < 1.29 is 14.7 Å². The third kappa shape index (κ3) is 14.9. The monoisotopic (exact) mass is 884 g/mol. The number of nitrogens with one attached hydrogen (secondary N) is 1. The zero-order valence-electron chi connectivity index (χ0n) is 43.4. The maximum absolute atomic E-state index is 9.16. The van der Waals surface area contributed by atoms with Crippen molar-refractivity contribution in [1.29, 1.82) is 0 Å². The number of nitrogens with zero attached hydrogens (tertiary/aromatic N) is 4. The molecule has 7 rings (SSSR count). The molecule has 0 saturated carbocycles. The van der Waals surface area contributed by atoms with Crippen molar-refractivity contribution in [3.8, 4) is 0 Å². The molecule has 65 heavy (non-hydrogen) atoms. The van der Waals surface area contributed by atoms with Gasteiger partial charge in [-0.05, 0) is 93.0 Å². The van der Waals surface area contributed by atoms with Crippen LogP contribution >= 0.6 is 0 Å². The van der Waals surface area contributed by atoms with Crippen LogP contribution < -0.4 is 5.32 Å². The molecule has 0 bridgehead atoms. The fourth-order valence-corrected chi connectivity index (χ4v) is 8.43. The lowest BCUT2D eigenvalue weighted by Gasteiger charge is -2.29. The van der Waals surface area contributed by atoms with Gasteiger partial charge in [0.1, 0.15) is 12.1 Å². The summed E-state index contributed by atoms with van der Waals surface area (Å²) >= 11 is 0. The van der Waals surface area contributed by atoms with Crippen molar-refractivity contribution in [2.45, 2.75) is 153 Å². The minimum Gasteiger partial charge on any atom is -0.392 e. The number of hydrogen-bond acceptors (Lipinski definition) is 7. The predicted octanol–water partition coefficient (Wildman–Crippen LogP) is 13.7. The molecule has 3 N–H and O–H groups in total. The van der Waals surface area contributed by atoms with E-state index in [0.29, 0.717) is 0 Å². The summed E-state index contributed by atoms with van der Waals surface area (Å²) in [6.07, 6.45) is 7.44. The van der Waals surface area contributed by atoms with Crippen LogP contribution in [0.5, 0.6) is 0 Å². The largest absolute Gasteiger partial charge is 0.392 e. The van der Waals surface area contributed by atoms with Gasteiger partial charge in [0.25, 0.3) is 0 Å². The van der Waals surface area contributed by atoms with Gasteiger partial charge in [-0.3, -0.25) is 0 Å². The molecule has 0 amide bonds. The van der Waals surface area contributed by atoms with Crippen LogP contribution in [0.2, 0.25) is 0 Å². The lowest BCUT2D eigenvalue weighted by atomic mass is 9.80. The van der Waals surface area contributed by atoms with E-state index in [2.05, 4.69) is 215 Å². The van der Waals surface area contributed by atoms with Gasteiger partial charge in [-0.15, -0.1) is 0 Å². The number of aliphatic hydroxyl groups is 2. The Morgan fingerprint density at radius 1 is 0.646 bits per heavy atom. The molecule has 1 aliphatic rings. The predicted molar refractivity (Wildman–Crippen MR) is 275 cm³/mol. The first-order valence-corrected chi connectivity index (χ1v) is 22.8. The molecule has 8 heteroatoms. The molecule has 0 unspecified atom stereocenters. The molecule has 6 aromatic rings. The van der Waals surface area contributed by atoms with Gasteiger partial charge in [0, 0.05) is 52.9 Å². The molecular formula is C57H81N5O3. The number of aliphatic hydroxyl groups excluding tert-OH is 2. The number of aromatic nitrogens is 4. The minimum atomic E-state index is -0.0179. The van der Waals surface area contributed by atoms with Gasteiger partial charge in [0.15, 0.2) is 0 Å². The van der Waals surface area contributed by atoms with Gasteiger partial charge >= 0.3 is 0 Å². The highest BCUT2D eigenvalue weighted by atomic mass is 16.5. The smallest absolute Gasteiger partial charge is 0.137 e. The Morgan fingerprint density at radius 3 is 1.69 bits per heavy atom. The van der Waals surface area contributed by atoms with Crippen molar-refractivity contribution in [3.05, 3.63) is 160 Å². The summed E-state index contributed by atoms with van der Waals surface area (Å²) in [6.45, 7) is 42.5. The average Bonchev–Trinajstić information content (AvgIpc) is 3.74. The van der Waals surface area contributed by atoms with E-state index in [9.17, 15) is 0 Å². The van der Waals surface area contributed by atoms with E-state index in [1.165, 1.54) is 44.7 Å². The van der Waals surface area contributed by atoms with Crippen LogP contribution in [0.4, 0.5) is 0 Å². The number of allylic oxidation sites excluding steroid dienone is 1. The van der Waals surface area contributed by atoms with Crippen LogP contribution in [0.1, 0.15) is 149 Å². The van der Waals surface area contributed by atoms with Crippen molar-refractivity contribution in [1.82, 2.24) is 25.0 Å². The molecule has 0 atom stereocenters. The Balaban J connectivity index is 0.000000216. The molecule has 0 spiro atoms. The van der Waals surface area contributed by atoms with Gasteiger partial charge < -0.3 is 24.6 Å². The Labute approximate surface area is 392 Å². The molecule has 3 aromatic heterocycles. The van der Waals surface area contributed by atoms with E-state index < -0.39 is 0 Å². The fourth-order valence-electron chi connectivity index (χ4n) is 8.43. The maximum atomic E-state index is 9.16. The second-order valence-electron chi connectivity index (χ2n) is 22.1. The van der Waals surface area contributed by atoms with Crippen molar-refractivity contribution >= 4 is 21.7 Å². The van der Waals surface area contributed by atoms with Crippen LogP contribution in [0.3, 0.4) is 0 Å². The Hall–Kier alpha value is -5.31. The van der Waals surface area contributed by atoms with E-state index in [4.69, 9.17) is 14.7 Å². The third-order valence-corrected chi connectivity index (χ3v) is 11.2. The van der Waals surface area contributed by atoms with Gasteiger partial charge in [-0.1, -0.05) is 176 Å². The average molecular weight is 884 g/mol. The van der Waals surface area contributed by atoms with Crippen molar-refractivity contribution in [3.63, 3.8) is 0 Å². The maximum Gasteiger partial charge on any atom is 0.137 e. The highest BCUT2D eigenvalue weighted by molar-refractivity contribution is 5.85. The van der Waals surface area contributed by atoms with E-state index in [-0.39, 0.29) is 40.3 Å². The molecule has 352 valence electrons. The number of rotatable bonds is 2. The van der Waals surface area contributed by atoms with E-state index >= 15 is 0 Å². The summed E-state index contributed by atoms with van der Waals surface area (Å²) in [4.78, 5) is 8.20. The Kier molecular flexibility index (Phi) is 18.1. The first-order chi connectivity index (χ1) is 29.9. The second-order valence-corrected chi connectivity index (χ2v) is 22.1. The van der Waals surface area contributed by atoms with Crippen molar-refractivity contribution in [2.75, 3.05) is 6.61 Å². The molecule has 0 saturated heterocycles. The molecule has 1 aliphatic heterocycles. The summed E-state index contributed by atoms with van der Waals surface area (Å²) in [7, 11) is 2.11. The fraction of sp³-hybridized carbons (Fsp3) is 0.456. The molecule has 3 aromatic carbocycles. The molecule has 4 heterocycles. The Morgan fingerprint density at radius 2 is 1.23 bits per heavy atom. The summed E-state index contributed by atoms with van der Waals surface area (Å²) in [5, 5.41) is 29.3. The normalized spacial score (nSPS) is 13.2. The number of aryl methyl sites for hydroxylation is 4. The zero-order chi connectivity index (χ0) is 49.3. The van der Waals surface area contributed by atoms with Gasteiger partial charge in [-0.25, -0.2) is 9.97 Å². The van der Waals surface area contributed by atoms with Gasteiger partial charge in [0.2, 0.25) is 0 Å². The standard InChI is InChI=1S/C14H16.C13H17N.C11H17NO.C10H16N2O.C9H15NO/c1-14(2,3)13-9-8-11-6-4-5-7-12(11)10-13;1-13(2,3)11-9-14(4)12-8-6-5-7-10(11)12;1-8-10(11(2,3)4)9(7-13)5-6-12-8;1-7-9(10(2,3)4)8(5-13)12-6-11-7;1-6-8(9(3,4)5)7(2)11-10-6/h4-10H,1-3H3;5-9H,1-4H3;5-6,12-13H,1,7H2,2-4H3;6,13H,5H2,1-4H3;1-5H3. The lowest BCUT2D eigenvalue weighted by Crippen LogP contribution is -2.23. The lowest BCUT2D eigenvalue weighted by molar-refractivity contribution is 0.272. The van der Waals surface area contributed by atoms with E-state index in [1.54, 1.807) is 0 Å². The number of fused-ring (bicyclic) bond motifs is 2. The molecular weight excluding hydrogens is 803 g/mol. The molecule has 0 fully saturated rings. The molecule has 8 nitrogen and oxygen atoms in total. The highest BCUT2D eigenvalue weighted by Crippen LogP contribution is 2.35. The quantitative estimate of drug-likeness (QED) is 0.159. The van der Waals surface area contributed by atoms with Crippen LogP contribution in [0.15, 0.2) is 119 Å². The number of para-hydroxylation sites is 1. The number of dihydropyridines is 1. The van der Waals surface area contributed by atoms with Crippen LogP contribution in [-0.2, 0) is 35.3 Å². The third-order valence-electron chi connectivity index (χ3n) is 11.2. The van der Waals surface area contributed by atoms with Gasteiger partial charge in [-0.2, -0.15) is 0 Å². The minimum absolute atomic E-state index is 0.0105. The first kappa shape index (κ1) is 54.0. The van der Waals surface area contributed by atoms with Crippen molar-refractivity contribution in [2.24, 2.45) is 12.5 Å². The van der Waals surface area contributed by atoms with Gasteiger partial charge in [0.05, 0.1) is 24.6 Å². The summed E-state index contributed by atoms with van der Waals surface area (Å²) < 4.78 is 7.28. The van der Waals surface area contributed by atoms with Crippen LogP contribution in [0.25, 0.3) is 21.7 Å². The first-order valence-electron chi connectivity index (χ1n) is 22.8. The molecule has 0 aliphatic carbocycles. The topological polar surface area (TPSA) is 109 Å². The zero-order valence-corrected chi connectivity index (χ0v) is 43.4. The summed E-state index contributed by atoms with van der Waals surface area (Å²) in [6, 6.07) is 23.8.